The summed E-state index contributed by atoms with van der Waals surface area (Å²) in [5, 5.41) is 40.6. The third-order valence-electron chi connectivity index (χ3n) is 15.3. The molecule has 14 aromatic carbocycles. The van der Waals surface area contributed by atoms with Gasteiger partial charge in [-0.05, 0) is 178 Å². The van der Waals surface area contributed by atoms with Gasteiger partial charge in [0.05, 0.1) is 5.41 Å². The van der Waals surface area contributed by atoms with E-state index in [-0.39, 0.29) is 11.5 Å². The third kappa shape index (κ3) is 4.89. The first-order valence-electron chi connectivity index (χ1n) is 23.1. The van der Waals surface area contributed by atoms with Gasteiger partial charge in [0, 0.05) is 0 Å². The molecule has 67 heavy (non-hydrogen) atoms. The second-order valence-corrected chi connectivity index (χ2v) is 18.6. The largest absolute Gasteiger partial charge is 0.508 e. The van der Waals surface area contributed by atoms with Gasteiger partial charge in [0.1, 0.15) is 11.5 Å². The number of benzene rings is 14. The van der Waals surface area contributed by atoms with E-state index < -0.39 is 5.41 Å². The normalized spacial score (nSPS) is 13.3. The van der Waals surface area contributed by atoms with E-state index in [1.54, 1.807) is 12.1 Å². The number of hydrogen-bond acceptors (Lipinski definition) is 2. The quantitative estimate of drug-likeness (QED) is 0.173. The smallest absolute Gasteiger partial charge is 0.116 e. The molecule has 2 heteroatoms. The lowest BCUT2D eigenvalue weighted by Gasteiger charge is -2.37. The number of fused-ring (bicyclic) bond motifs is 5. The molecule has 0 aromatic heterocycles. The van der Waals surface area contributed by atoms with Crippen LogP contribution in [0.3, 0.4) is 0 Å². The molecule has 0 amide bonds. The maximum Gasteiger partial charge on any atom is 0.116 e. The van der Waals surface area contributed by atoms with Gasteiger partial charge in [0.2, 0.25) is 0 Å². The Hall–Kier alpha value is -8.72. The molecule has 2 N–H and O–H groups in total. The monoisotopic (exact) mass is 850 g/mol. The van der Waals surface area contributed by atoms with E-state index in [2.05, 4.69) is 182 Å². The SMILES string of the molecule is Oc1ccc2cc(C3(c4ccc5cc(O)ccc5c4)c4c(cccc4-c4ccc5ccc6cccc7ccc4c5c67)-c4cccc(-c5ccc6ccc7cccc8ccc5c6c78)c43)ccc2c1. The predicted molar refractivity (Wildman–Crippen MR) is 280 cm³/mol. The molecule has 1 aliphatic carbocycles. The molecule has 0 unspecified atom stereocenters. The molecule has 0 heterocycles. The molecular formula is C65H38O2. The average Bonchev–Trinajstić information content (AvgIpc) is 3.68. The van der Waals surface area contributed by atoms with Gasteiger partial charge in [-0.1, -0.05) is 182 Å². The minimum absolute atomic E-state index is 0.247. The van der Waals surface area contributed by atoms with Crippen LogP contribution >= 0.6 is 0 Å². The Morgan fingerprint density at radius 2 is 0.552 bits per heavy atom. The van der Waals surface area contributed by atoms with Crippen molar-refractivity contribution in [2.24, 2.45) is 0 Å². The molecule has 2 nitrogen and oxygen atoms in total. The molecule has 1 aliphatic rings. The van der Waals surface area contributed by atoms with E-state index in [1.807, 2.05) is 24.3 Å². The maximum atomic E-state index is 10.7. The molecule has 0 bridgehead atoms. The molecule has 0 atom stereocenters. The topological polar surface area (TPSA) is 40.5 Å². The van der Waals surface area contributed by atoms with Crippen LogP contribution in [0.25, 0.3) is 120 Å². The van der Waals surface area contributed by atoms with E-state index in [9.17, 15) is 10.2 Å². The lowest BCUT2D eigenvalue weighted by Crippen LogP contribution is -2.30. The Morgan fingerprint density at radius 3 is 0.985 bits per heavy atom. The molecule has 0 saturated carbocycles. The fourth-order valence-corrected chi connectivity index (χ4v) is 12.6. The fraction of sp³-hybridized carbons (Fsp3) is 0.0154. The molecule has 15 rings (SSSR count). The minimum atomic E-state index is -0.857. The summed E-state index contributed by atoms with van der Waals surface area (Å²) < 4.78 is 0. The van der Waals surface area contributed by atoms with Crippen molar-refractivity contribution in [3.8, 4) is 44.9 Å². The third-order valence-corrected chi connectivity index (χ3v) is 15.3. The van der Waals surface area contributed by atoms with Crippen LogP contribution in [0, 0.1) is 0 Å². The van der Waals surface area contributed by atoms with Crippen LogP contribution in [0.4, 0.5) is 0 Å². The van der Waals surface area contributed by atoms with Crippen molar-refractivity contribution in [2.75, 3.05) is 0 Å². The van der Waals surface area contributed by atoms with Crippen LogP contribution in [-0.2, 0) is 5.41 Å². The first kappa shape index (κ1) is 36.6. The zero-order chi connectivity index (χ0) is 44.1. The van der Waals surface area contributed by atoms with Gasteiger partial charge in [0.25, 0.3) is 0 Å². The number of phenolic OH excluding ortho intramolecular Hbond substituents is 2. The lowest BCUT2D eigenvalue weighted by atomic mass is 9.64. The highest BCUT2D eigenvalue weighted by atomic mass is 16.3. The highest BCUT2D eigenvalue weighted by Crippen LogP contribution is 2.62. The Morgan fingerprint density at radius 1 is 0.239 bits per heavy atom. The first-order valence-corrected chi connectivity index (χ1v) is 23.1. The molecule has 0 spiro atoms. The Bertz CT molecular complexity index is 4110. The molecule has 0 fully saturated rings. The Labute approximate surface area is 385 Å². The van der Waals surface area contributed by atoms with Crippen molar-refractivity contribution in [3.05, 3.63) is 241 Å². The number of aromatic hydroxyl groups is 2. The minimum Gasteiger partial charge on any atom is -0.508 e. The van der Waals surface area contributed by atoms with E-state index in [0.717, 1.165) is 32.7 Å². The summed E-state index contributed by atoms with van der Waals surface area (Å²) in [5.74, 6) is 0.494. The second-order valence-electron chi connectivity index (χ2n) is 18.6. The molecule has 0 aliphatic heterocycles. The zero-order valence-electron chi connectivity index (χ0n) is 36.2. The van der Waals surface area contributed by atoms with Gasteiger partial charge in [0.15, 0.2) is 0 Å². The van der Waals surface area contributed by atoms with Gasteiger partial charge in [-0.15, -0.1) is 0 Å². The first-order chi connectivity index (χ1) is 33.0. The lowest BCUT2D eigenvalue weighted by molar-refractivity contribution is 0.475. The van der Waals surface area contributed by atoms with E-state index in [4.69, 9.17) is 0 Å². The Balaban J connectivity index is 1.13. The predicted octanol–water partition coefficient (Wildman–Crippen LogP) is 16.9. The number of rotatable bonds is 4. The van der Waals surface area contributed by atoms with Gasteiger partial charge in [-0.2, -0.15) is 0 Å². The molecule has 14 aromatic rings. The molecule has 310 valence electrons. The maximum absolute atomic E-state index is 10.7. The van der Waals surface area contributed by atoms with Gasteiger partial charge in [-0.25, -0.2) is 0 Å². The van der Waals surface area contributed by atoms with Crippen molar-refractivity contribution in [1.82, 2.24) is 0 Å². The van der Waals surface area contributed by atoms with Crippen molar-refractivity contribution >= 4 is 86.2 Å². The fourth-order valence-electron chi connectivity index (χ4n) is 12.6. The van der Waals surface area contributed by atoms with Crippen molar-refractivity contribution < 1.29 is 10.2 Å². The van der Waals surface area contributed by atoms with Crippen LogP contribution in [-0.4, -0.2) is 10.2 Å². The Kier molecular flexibility index (Phi) is 7.21. The standard InChI is InChI=1S/C65H38O2/c66-49-27-19-43-33-47(25-17-45(43)35-49)65(48-26-18-46-36-50(67)28-20-44(46)34-48)63-55(51-29-21-41-15-13-37-5-1-7-39-23-31-53(51)61(41)59(37)39)9-3-11-57(63)58-12-4-10-56(64(58)65)52-30-22-42-16-14-38-6-2-8-40-24-32-54(52)62(42)60(38)40/h1-36,66-67H. The summed E-state index contributed by atoms with van der Waals surface area (Å²) in [6, 6.07) is 79.8. The van der Waals surface area contributed by atoms with Crippen LogP contribution in [0.2, 0.25) is 0 Å². The van der Waals surface area contributed by atoms with Gasteiger partial charge in [-0.3, -0.25) is 0 Å². The highest BCUT2D eigenvalue weighted by molar-refractivity contribution is 6.27. The molecular weight excluding hydrogens is 813 g/mol. The van der Waals surface area contributed by atoms with Crippen LogP contribution in [0.5, 0.6) is 11.5 Å². The summed E-state index contributed by atoms with van der Waals surface area (Å²) >= 11 is 0. The molecule has 0 radical (unpaired) electrons. The van der Waals surface area contributed by atoms with Crippen molar-refractivity contribution in [3.63, 3.8) is 0 Å². The van der Waals surface area contributed by atoms with Gasteiger partial charge < -0.3 is 10.2 Å². The molecule has 0 saturated heterocycles. The summed E-state index contributed by atoms with van der Waals surface area (Å²) in [5.41, 5.74) is 11.1. The van der Waals surface area contributed by atoms with E-state index >= 15 is 0 Å². The zero-order valence-corrected chi connectivity index (χ0v) is 36.2. The summed E-state index contributed by atoms with van der Waals surface area (Å²) in [7, 11) is 0. The highest BCUT2D eigenvalue weighted by Gasteiger charge is 2.49. The van der Waals surface area contributed by atoms with Crippen molar-refractivity contribution in [2.45, 2.75) is 5.41 Å². The van der Waals surface area contributed by atoms with E-state index in [1.165, 1.54) is 109 Å². The van der Waals surface area contributed by atoms with Gasteiger partial charge >= 0.3 is 0 Å². The van der Waals surface area contributed by atoms with E-state index in [0.29, 0.717) is 0 Å². The number of hydrogen-bond donors (Lipinski definition) is 2. The van der Waals surface area contributed by atoms with Crippen molar-refractivity contribution in [1.29, 1.82) is 0 Å². The van der Waals surface area contributed by atoms with Crippen LogP contribution < -0.4 is 0 Å². The summed E-state index contributed by atoms with van der Waals surface area (Å²) in [6.45, 7) is 0. The number of phenols is 2. The summed E-state index contributed by atoms with van der Waals surface area (Å²) in [4.78, 5) is 0. The summed E-state index contributed by atoms with van der Waals surface area (Å²) in [6.07, 6.45) is 0. The van der Waals surface area contributed by atoms with Crippen LogP contribution in [0.15, 0.2) is 218 Å². The van der Waals surface area contributed by atoms with Crippen LogP contribution in [0.1, 0.15) is 22.3 Å². The average molecular weight is 851 g/mol. The second kappa shape index (κ2) is 13.2.